The van der Waals surface area contributed by atoms with E-state index in [0.29, 0.717) is 18.6 Å². The molecule has 0 aliphatic rings. The maximum atomic E-state index is 11.1. The molecule has 0 saturated carbocycles. The summed E-state index contributed by atoms with van der Waals surface area (Å²) in [6.07, 6.45) is 3.26. The number of hydrogen-bond donors (Lipinski definition) is 1. The largest absolute Gasteiger partial charge is 0.490 e. The van der Waals surface area contributed by atoms with Crippen LogP contribution in [0.5, 0.6) is 11.5 Å². The Kier molecular flexibility index (Phi) is 9.57. The van der Waals surface area contributed by atoms with Crippen LogP contribution in [-0.4, -0.2) is 30.2 Å². The average molecular weight is 407 g/mol. The SMILES string of the molecule is CC[B]/C(C[C@@H](Br)C=N)=C(/C)Oc1ccc(OC(C)CC(C)=O)cc1. The number of nitrogens with one attached hydrogen (secondary N) is 1. The van der Waals surface area contributed by atoms with Gasteiger partial charge in [-0.1, -0.05) is 34.6 Å². The zero-order valence-electron chi connectivity index (χ0n) is 15.3. The van der Waals surface area contributed by atoms with Gasteiger partial charge in [0.2, 0.25) is 0 Å². The second-order valence-corrected chi connectivity index (χ2v) is 7.16. The smallest absolute Gasteiger partial charge is 0.150 e. The lowest BCUT2D eigenvalue weighted by Gasteiger charge is -2.16. The second-order valence-electron chi connectivity index (χ2n) is 5.99. The molecule has 1 aromatic rings. The number of benzene rings is 1. The van der Waals surface area contributed by atoms with E-state index in [9.17, 15) is 4.79 Å². The van der Waals surface area contributed by atoms with Crippen molar-refractivity contribution in [2.24, 2.45) is 0 Å². The first-order valence-corrected chi connectivity index (χ1v) is 9.38. The highest BCUT2D eigenvalue weighted by Crippen LogP contribution is 2.23. The Morgan fingerprint density at radius 3 is 2.36 bits per heavy atom. The molecule has 0 aliphatic carbocycles. The van der Waals surface area contributed by atoms with Gasteiger partial charge >= 0.3 is 0 Å². The molecule has 0 aliphatic heterocycles. The molecule has 1 radical (unpaired) electrons. The fourth-order valence-electron chi connectivity index (χ4n) is 2.39. The zero-order valence-corrected chi connectivity index (χ0v) is 16.9. The summed E-state index contributed by atoms with van der Waals surface area (Å²) in [5.74, 6) is 2.38. The molecule has 0 aromatic heterocycles. The number of carbonyl (C=O) groups is 1. The highest BCUT2D eigenvalue weighted by molar-refractivity contribution is 9.09. The monoisotopic (exact) mass is 406 g/mol. The van der Waals surface area contributed by atoms with E-state index < -0.39 is 0 Å². The van der Waals surface area contributed by atoms with Gasteiger partial charge in [0.15, 0.2) is 0 Å². The number of hydrogen-bond acceptors (Lipinski definition) is 4. The Hall–Kier alpha value is -1.56. The van der Waals surface area contributed by atoms with E-state index in [4.69, 9.17) is 14.9 Å². The van der Waals surface area contributed by atoms with Crippen molar-refractivity contribution in [2.75, 3.05) is 0 Å². The number of ether oxygens (including phenoxy) is 2. The van der Waals surface area contributed by atoms with Crippen molar-refractivity contribution in [1.29, 1.82) is 5.41 Å². The van der Waals surface area contributed by atoms with Crippen LogP contribution in [0.3, 0.4) is 0 Å². The Balaban J connectivity index is 2.75. The summed E-state index contributed by atoms with van der Waals surface area (Å²) in [5.41, 5.74) is 1.09. The van der Waals surface area contributed by atoms with E-state index in [1.165, 1.54) is 6.21 Å². The van der Waals surface area contributed by atoms with Crippen molar-refractivity contribution in [3.63, 3.8) is 0 Å². The molecular weight excluding hydrogens is 381 g/mol. The zero-order chi connectivity index (χ0) is 18.8. The minimum atomic E-state index is -0.145. The Labute approximate surface area is 159 Å². The lowest BCUT2D eigenvalue weighted by atomic mass is 9.65. The number of alkyl halides is 1. The normalized spacial score (nSPS) is 14.1. The minimum absolute atomic E-state index is 0.00221. The van der Waals surface area contributed by atoms with Crippen LogP contribution >= 0.6 is 15.9 Å². The van der Waals surface area contributed by atoms with Crippen molar-refractivity contribution in [2.45, 2.75) is 57.8 Å². The number of halogens is 1. The molecule has 0 fully saturated rings. The molecule has 6 heteroatoms. The summed E-state index contributed by atoms with van der Waals surface area (Å²) >= 11 is 3.46. The van der Waals surface area contributed by atoms with Gasteiger partial charge in [0, 0.05) is 12.6 Å². The van der Waals surface area contributed by atoms with Crippen molar-refractivity contribution >= 4 is 35.2 Å². The molecule has 1 rings (SSSR count). The molecular formula is C19H26BBrNO3. The summed E-state index contributed by atoms with van der Waals surface area (Å²) in [6.45, 7) is 7.46. The van der Waals surface area contributed by atoms with Crippen LogP contribution in [0.4, 0.5) is 0 Å². The Bertz CT molecular complexity index is 601. The van der Waals surface area contributed by atoms with Crippen LogP contribution in [0.25, 0.3) is 0 Å². The summed E-state index contributed by atoms with van der Waals surface area (Å²) < 4.78 is 11.7. The van der Waals surface area contributed by atoms with Gasteiger partial charge in [0.05, 0.1) is 10.6 Å². The lowest BCUT2D eigenvalue weighted by molar-refractivity contribution is -0.118. The third-order valence-electron chi connectivity index (χ3n) is 3.51. The van der Waals surface area contributed by atoms with Crippen LogP contribution < -0.4 is 9.47 Å². The summed E-state index contributed by atoms with van der Waals surface area (Å²) in [6, 6.07) is 7.39. The Morgan fingerprint density at radius 2 is 1.84 bits per heavy atom. The van der Waals surface area contributed by atoms with Gasteiger partial charge in [-0.25, -0.2) is 0 Å². The quantitative estimate of drug-likeness (QED) is 0.243. The number of Topliss-reactive ketones (excluding diaryl/α,β-unsaturated/α-hetero) is 1. The first-order valence-electron chi connectivity index (χ1n) is 8.47. The van der Waals surface area contributed by atoms with Crippen molar-refractivity contribution in [3.8, 4) is 11.5 Å². The summed E-state index contributed by atoms with van der Waals surface area (Å²) in [5, 5.41) is 7.33. The van der Waals surface area contributed by atoms with Gasteiger partial charge in [0.25, 0.3) is 0 Å². The third-order valence-corrected chi connectivity index (χ3v) is 4.09. The molecule has 2 atom stereocenters. The molecule has 135 valence electrons. The van der Waals surface area contributed by atoms with Crippen LogP contribution in [0, 0.1) is 5.41 Å². The molecule has 1 unspecified atom stereocenters. The molecule has 25 heavy (non-hydrogen) atoms. The van der Waals surface area contributed by atoms with Gasteiger partial charge in [-0.3, -0.25) is 4.79 Å². The average Bonchev–Trinajstić information content (AvgIpc) is 2.55. The first kappa shape index (κ1) is 21.5. The molecule has 1 aromatic carbocycles. The van der Waals surface area contributed by atoms with Crippen LogP contribution in [0.2, 0.25) is 6.32 Å². The van der Waals surface area contributed by atoms with Crippen molar-refractivity contribution in [1.82, 2.24) is 0 Å². The summed E-state index contributed by atoms with van der Waals surface area (Å²) in [4.78, 5) is 11.1. The Morgan fingerprint density at radius 1 is 1.24 bits per heavy atom. The highest BCUT2D eigenvalue weighted by Gasteiger charge is 2.11. The topological polar surface area (TPSA) is 59.4 Å². The molecule has 0 spiro atoms. The van der Waals surface area contributed by atoms with Gasteiger partial charge < -0.3 is 14.9 Å². The van der Waals surface area contributed by atoms with Gasteiger partial charge in [-0.15, -0.1) is 0 Å². The van der Waals surface area contributed by atoms with Crippen molar-refractivity contribution in [3.05, 3.63) is 35.5 Å². The number of allylic oxidation sites excluding steroid dienone is 2. The van der Waals surface area contributed by atoms with Crippen LogP contribution in [0.15, 0.2) is 35.5 Å². The van der Waals surface area contributed by atoms with E-state index in [2.05, 4.69) is 30.1 Å². The third kappa shape index (κ3) is 8.39. The van der Waals surface area contributed by atoms with Gasteiger partial charge in [-0.05, 0) is 51.5 Å². The molecule has 0 heterocycles. The fraction of sp³-hybridized carbons (Fsp3) is 0.474. The van der Waals surface area contributed by atoms with E-state index in [0.717, 1.165) is 23.3 Å². The maximum absolute atomic E-state index is 11.1. The highest BCUT2D eigenvalue weighted by atomic mass is 79.9. The second kappa shape index (κ2) is 11.1. The predicted molar refractivity (Wildman–Crippen MR) is 108 cm³/mol. The summed E-state index contributed by atoms with van der Waals surface area (Å²) in [7, 11) is 2.12. The van der Waals surface area contributed by atoms with E-state index in [1.807, 2.05) is 38.1 Å². The van der Waals surface area contributed by atoms with E-state index in [-0.39, 0.29) is 16.7 Å². The van der Waals surface area contributed by atoms with E-state index in [1.54, 1.807) is 6.92 Å². The maximum Gasteiger partial charge on any atom is 0.150 e. The molecule has 4 nitrogen and oxygen atoms in total. The fourth-order valence-corrected chi connectivity index (χ4v) is 2.74. The number of ketones is 1. The number of carbonyl (C=O) groups excluding carboxylic acids is 1. The molecule has 0 saturated heterocycles. The standard InChI is InChI=1S/C19H26BBrNO3/c1-5-20-19(11-16(21)12-22)15(4)25-18-8-6-17(7-9-18)24-14(3)10-13(2)23/h6-9,12,14,16,22H,5,10-11H2,1-4H3/b19-15-,22-12?/t14?,16-/m1/s1. The number of rotatable bonds is 11. The minimum Gasteiger partial charge on any atom is -0.490 e. The van der Waals surface area contributed by atoms with Crippen LogP contribution in [0.1, 0.15) is 40.5 Å². The predicted octanol–water partition coefficient (Wildman–Crippen LogP) is 4.99. The van der Waals surface area contributed by atoms with Crippen LogP contribution in [-0.2, 0) is 4.79 Å². The molecule has 1 N–H and O–H groups in total. The lowest BCUT2D eigenvalue weighted by Crippen LogP contribution is -2.15. The molecule has 0 bridgehead atoms. The van der Waals surface area contributed by atoms with Gasteiger partial charge in [-0.2, -0.15) is 0 Å². The van der Waals surface area contributed by atoms with E-state index >= 15 is 0 Å². The first-order chi connectivity index (χ1) is 11.8. The van der Waals surface area contributed by atoms with Crippen molar-refractivity contribution < 1.29 is 14.3 Å². The van der Waals surface area contributed by atoms with Gasteiger partial charge in [0.1, 0.15) is 30.7 Å². The molecule has 0 amide bonds.